The van der Waals surface area contributed by atoms with Gasteiger partial charge in [0.2, 0.25) is 0 Å². The van der Waals surface area contributed by atoms with Gasteiger partial charge in [0, 0.05) is 19.1 Å². The first-order valence-electron chi connectivity index (χ1n) is 7.04. The maximum Gasteiger partial charge on any atom is 0.258 e. The summed E-state index contributed by atoms with van der Waals surface area (Å²) in [6.07, 6.45) is 0.448. The molecule has 2 rings (SSSR count). The molecule has 0 aliphatic carbocycles. The van der Waals surface area contributed by atoms with E-state index in [0.29, 0.717) is 11.3 Å². The molecular weight excluding hydrogens is 314 g/mol. The molecule has 1 atom stereocenters. The minimum absolute atomic E-state index is 0.0664. The van der Waals surface area contributed by atoms with E-state index in [4.69, 9.17) is 4.74 Å². The van der Waals surface area contributed by atoms with Gasteiger partial charge in [-0.15, -0.1) is 0 Å². The fourth-order valence-corrected chi connectivity index (χ4v) is 3.06. The van der Waals surface area contributed by atoms with Crippen molar-refractivity contribution < 1.29 is 17.9 Å². The molecule has 23 heavy (non-hydrogen) atoms. The van der Waals surface area contributed by atoms with Crippen LogP contribution < -0.4 is 5.32 Å². The van der Waals surface area contributed by atoms with Crippen molar-refractivity contribution in [2.75, 3.05) is 18.7 Å². The zero-order valence-corrected chi connectivity index (χ0v) is 13.8. The molecule has 0 spiro atoms. The van der Waals surface area contributed by atoms with Crippen molar-refractivity contribution in [3.63, 3.8) is 0 Å². The molecule has 0 aliphatic heterocycles. The number of carbonyl (C=O) groups excluding carboxylic acids is 1. The largest absolute Gasteiger partial charge is 0.367 e. The Morgan fingerprint density at radius 3 is 2.43 bits per heavy atom. The molecular formula is C17H19NO4S. The molecule has 1 N–H and O–H groups in total. The van der Waals surface area contributed by atoms with E-state index >= 15 is 0 Å². The Morgan fingerprint density at radius 2 is 1.83 bits per heavy atom. The summed E-state index contributed by atoms with van der Waals surface area (Å²) in [7, 11) is -1.65. The molecule has 0 saturated carbocycles. The van der Waals surface area contributed by atoms with Gasteiger partial charge in [0.05, 0.1) is 5.75 Å². The first-order chi connectivity index (χ1) is 10.9. The van der Waals surface area contributed by atoms with Gasteiger partial charge in [0.25, 0.3) is 5.91 Å². The van der Waals surface area contributed by atoms with Crippen LogP contribution in [-0.4, -0.2) is 27.7 Å². The summed E-state index contributed by atoms with van der Waals surface area (Å²) in [5.74, 6) is -0.376. The van der Waals surface area contributed by atoms with Gasteiger partial charge in [0.15, 0.2) is 15.9 Å². The van der Waals surface area contributed by atoms with Gasteiger partial charge in [-0.25, -0.2) is 8.42 Å². The number of sulfone groups is 1. The maximum atomic E-state index is 12.4. The van der Waals surface area contributed by atoms with E-state index < -0.39 is 15.9 Å². The molecule has 122 valence electrons. The number of amides is 1. The smallest absolute Gasteiger partial charge is 0.258 e. The zero-order chi connectivity index (χ0) is 16.9. The SMILES string of the molecule is CO[C@@H](C(=O)Nc1cccc(CS(C)(=O)=O)c1)c1ccccc1. The third kappa shape index (κ3) is 5.19. The Balaban J connectivity index is 2.15. The van der Waals surface area contributed by atoms with Crippen LogP contribution in [0.4, 0.5) is 5.69 Å². The van der Waals surface area contributed by atoms with Crippen molar-refractivity contribution >= 4 is 21.4 Å². The lowest BCUT2D eigenvalue weighted by Gasteiger charge is -2.16. The molecule has 2 aromatic rings. The van der Waals surface area contributed by atoms with Gasteiger partial charge in [0.1, 0.15) is 0 Å². The Hall–Kier alpha value is -2.18. The van der Waals surface area contributed by atoms with E-state index in [9.17, 15) is 13.2 Å². The number of methoxy groups -OCH3 is 1. The van der Waals surface area contributed by atoms with Crippen LogP contribution in [0.25, 0.3) is 0 Å². The molecule has 6 heteroatoms. The zero-order valence-electron chi connectivity index (χ0n) is 13.0. The van der Waals surface area contributed by atoms with Crippen LogP contribution in [0.2, 0.25) is 0 Å². The summed E-state index contributed by atoms with van der Waals surface area (Å²) in [6, 6.07) is 15.9. The van der Waals surface area contributed by atoms with Crippen LogP contribution in [0.5, 0.6) is 0 Å². The Bertz CT molecular complexity index is 772. The molecule has 2 aromatic carbocycles. The van der Waals surface area contributed by atoms with E-state index in [1.807, 2.05) is 30.3 Å². The van der Waals surface area contributed by atoms with E-state index in [0.717, 1.165) is 5.56 Å². The normalized spacial score (nSPS) is 12.6. The highest BCUT2D eigenvalue weighted by Crippen LogP contribution is 2.20. The van der Waals surface area contributed by atoms with E-state index in [2.05, 4.69) is 5.32 Å². The monoisotopic (exact) mass is 333 g/mol. The molecule has 0 heterocycles. The molecule has 0 fully saturated rings. The number of carbonyl (C=O) groups is 1. The van der Waals surface area contributed by atoms with Gasteiger partial charge in [-0.05, 0) is 23.3 Å². The first-order valence-corrected chi connectivity index (χ1v) is 9.10. The van der Waals surface area contributed by atoms with E-state index in [1.165, 1.54) is 13.4 Å². The lowest BCUT2D eigenvalue weighted by molar-refractivity contribution is -0.126. The Morgan fingerprint density at radius 1 is 1.13 bits per heavy atom. The minimum Gasteiger partial charge on any atom is -0.367 e. The predicted octanol–water partition coefficient (Wildman–Crippen LogP) is 2.56. The molecule has 5 nitrogen and oxygen atoms in total. The van der Waals surface area contributed by atoms with Crippen LogP contribution in [0, 0.1) is 0 Å². The van der Waals surface area contributed by atoms with Crippen molar-refractivity contribution in [2.45, 2.75) is 11.9 Å². The van der Waals surface area contributed by atoms with Crippen LogP contribution >= 0.6 is 0 Å². The summed E-state index contributed by atoms with van der Waals surface area (Å²) < 4.78 is 28.0. The third-order valence-electron chi connectivity index (χ3n) is 3.20. The number of nitrogens with one attached hydrogen (secondary N) is 1. The topological polar surface area (TPSA) is 72.5 Å². The van der Waals surface area contributed by atoms with Crippen molar-refractivity contribution in [1.29, 1.82) is 0 Å². The second kappa shape index (κ2) is 7.39. The van der Waals surface area contributed by atoms with Gasteiger partial charge in [-0.1, -0.05) is 42.5 Å². The number of rotatable bonds is 6. The van der Waals surface area contributed by atoms with Gasteiger partial charge in [-0.3, -0.25) is 4.79 Å². The van der Waals surface area contributed by atoms with Gasteiger partial charge >= 0.3 is 0 Å². The first kappa shape index (κ1) is 17.2. The lowest BCUT2D eigenvalue weighted by atomic mass is 10.1. The van der Waals surface area contributed by atoms with E-state index in [1.54, 1.807) is 24.3 Å². The lowest BCUT2D eigenvalue weighted by Crippen LogP contribution is -2.22. The summed E-state index contributed by atoms with van der Waals surface area (Å²) in [5.41, 5.74) is 1.91. The number of ether oxygens (including phenoxy) is 1. The average Bonchev–Trinajstić information content (AvgIpc) is 2.47. The van der Waals surface area contributed by atoms with Crippen LogP contribution in [0.3, 0.4) is 0 Å². The highest BCUT2D eigenvalue weighted by atomic mass is 32.2. The van der Waals surface area contributed by atoms with Crippen molar-refractivity contribution in [1.82, 2.24) is 0 Å². The highest BCUT2D eigenvalue weighted by molar-refractivity contribution is 7.89. The summed E-state index contributed by atoms with van der Waals surface area (Å²) >= 11 is 0. The Labute approximate surface area is 136 Å². The molecule has 0 unspecified atom stereocenters. The van der Waals surface area contributed by atoms with Crippen molar-refractivity contribution in [2.24, 2.45) is 0 Å². The maximum absolute atomic E-state index is 12.4. The van der Waals surface area contributed by atoms with E-state index in [-0.39, 0.29) is 11.7 Å². The minimum atomic E-state index is -3.12. The molecule has 0 aromatic heterocycles. The third-order valence-corrected chi connectivity index (χ3v) is 4.06. The second-order valence-electron chi connectivity index (χ2n) is 5.29. The quantitative estimate of drug-likeness (QED) is 0.882. The van der Waals surface area contributed by atoms with Crippen LogP contribution in [0.1, 0.15) is 17.2 Å². The number of hydrogen-bond acceptors (Lipinski definition) is 4. The van der Waals surface area contributed by atoms with Crippen LogP contribution in [-0.2, 0) is 25.1 Å². The van der Waals surface area contributed by atoms with Gasteiger partial charge < -0.3 is 10.1 Å². The standard InChI is InChI=1S/C17H19NO4S/c1-22-16(14-8-4-3-5-9-14)17(19)18-15-10-6-7-13(11-15)12-23(2,20)21/h3-11,16H,12H2,1-2H3,(H,18,19)/t16-/m1/s1. The highest BCUT2D eigenvalue weighted by Gasteiger charge is 2.20. The number of anilines is 1. The Kier molecular flexibility index (Phi) is 5.52. The fraction of sp³-hybridized carbons (Fsp3) is 0.235. The summed E-state index contributed by atoms with van der Waals surface area (Å²) in [4.78, 5) is 12.4. The summed E-state index contributed by atoms with van der Waals surface area (Å²) in [5, 5.41) is 2.76. The van der Waals surface area contributed by atoms with Crippen LogP contribution in [0.15, 0.2) is 54.6 Å². The average molecular weight is 333 g/mol. The molecule has 0 bridgehead atoms. The summed E-state index contributed by atoms with van der Waals surface area (Å²) in [6.45, 7) is 0. The second-order valence-corrected chi connectivity index (χ2v) is 7.43. The molecule has 0 saturated heterocycles. The number of benzene rings is 2. The predicted molar refractivity (Wildman–Crippen MR) is 89.8 cm³/mol. The van der Waals surface area contributed by atoms with Gasteiger partial charge in [-0.2, -0.15) is 0 Å². The van der Waals surface area contributed by atoms with Crippen molar-refractivity contribution in [3.8, 4) is 0 Å². The molecule has 0 radical (unpaired) electrons. The van der Waals surface area contributed by atoms with Crippen molar-refractivity contribution in [3.05, 3.63) is 65.7 Å². The molecule has 0 aliphatic rings. The number of hydrogen-bond donors (Lipinski definition) is 1. The fourth-order valence-electron chi connectivity index (χ4n) is 2.27. The molecule has 1 amide bonds.